The molecule has 0 saturated heterocycles. The fraction of sp³-hybridized carbons (Fsp3) is 0.375. The molecule has 0 aliphatic heterocycles. The number of ketones is 1. The first-order valence-corrected chi connectivity index (χ1v) is 3.37. The van der Waals surface area contributed by atoms with Crippen LogP contribution in [0.4, 0.5) is 0 Å². The molecule has 1 rings (SSSR count). The van der Waals surface area contributed by atoms with Crippen molar-refractivity contribution < 1.29 is 9.53 Å². The highest BCUT2D eigenvalue weighted by atomic mass is 16.5. The molecule has 3 heteroatoms. The summed E-state index contributed by atoms with van der Waals surface area (Å²) in [5.74, 6) is 0.661. The van der Waals surface area contributed by atoms with Crippen molar-refractivity contribution >= 4 is 5.78 Å². The third kappa shape index (κ3) is 1.27. The molecule has 0 aliphatic rings. The van der Waals surface area contributed by atoms with Crippen molar-refractivity contribution in [1.82, 2.24) is 4.57 Å². The molecule has 0 N–H and O–H groups in total. The van der Waals surface area contributed by atoms with Crippen LogP contribution >= 0.6 is 0 Å². The normalized spacial score (nSPS) is 9.73. The Balaban J connectivity index is 3.17. The SMILES string of the molecule is COc1ccn(C)c1C(C)=O. The molecule has 0 aromatic carbocycles. The van der Waals surface area contributed by atoms with E-state index >= 15 is 0 Å². The van der Waals surface area contributed by atoms with Gasteiger partial charge in [-0.15, -0.1) is 0 Å². The number of aromatic nitrogens is 1. The summed E-state index contributed by atoms with van der Waals surface area (Å²) >= 11 is 0. The Hall–Kier alpha value is -1.25. The number of carbonyl (C=O) groups is 1. The Labute approximate surface area is 65.6 Å². The fourth-order valence-electron chi connectivity index (χ4n) is 1.09. The predicted octanol–water partition coefficient (Wildman–Crippen LogP) is 1.24. The fourth-order valence-corrected chi connectivity index (χ4v) is 1.09. The van der Waals surface area contributed by atoms with E-state index in [0.29, 0.717) is 11.4 Å². The highest BCUT2D eigenvalue weighted by molar-refractivity contribution is 5.95. The topological polar surface area (TPSA) is 31.2 Å². The van der Waals surface area contributed by atoms with Gasteiger partial charge in [0, 0.05) is 20.2 Å². The van der Waals surface area contributed by atoms with Crippen LogP contribution in [0.3, 0.4) is 0 Å². The summed E-state index contributed by atoms with van der Waals surface area (Å²) in [5, 5.41) is 0. The van der Waals surface area contributed by atoms with Crippen LogP contribution < -0.4 is 4.74 Å². The standard InChI is InChI=1S/C8H11NO2/c1-6(10)8-7(11-3)4-5-9(8)2/h4-5H,1-3H3. The summed E-state index contributed by atoms with van der Waals surface area (Å²) in [6.45, 7) is 1.53. The van der Waals surface area contributed by atoms with Crippen LogP contribution in [0.5, 0.6) is 5.75 Å². The van der Waals surface area contributed by atoms with Crippen LogP contribution in [-0.2, 0) is 7.05 Å². The van der Waals surface area contributed by atoms with Crippen molar-refractivity contribution in [2.24, 2.45) is 7.05 Å². The molecule has 0 fully saturated rings. The van der Waals surface area contributed by atoms with E-state index in [1.165, 1.54) is 6.92 Å². The van der Waals surface area contributed by atoms with Gasteiger partial charge in [0.1, 0.15) is 11.4 Å². The Morgan fingerprint density at radius 1 is 1.64 bits per heavy atom. The van der Waals surface area contributed by atoms with Gasteiger partial charge in [0.05, 0.1) is 7.11 Å². The largest absolute Gasteiger partial charge is 0.494 e. The van der Waals surface area contributed by atoms with Gasteiger partial charge < -0.3 is 9.30 Å². The Bertz CT molecular complexity index is 276. The van der Waals surface area contributed by atoms with E-state index in [2.05, 4.69) is 0 Å². The van der Waals surface area contributed by atoms with E-state index in [-0.39, 0.29) is 5.78 Å². The number of rotatable bonds is 2. The first kappa shape index (κ1) is 7.85. The molecule has 0 spiro atoms. The van der Waals surface area contributed by atoms with Crippen LogP contribution in [0.15, 0.2) is 12.3 Å². The van der Waals surface area contributed by atoms with Crippen LogP contribution in [0.25, 0.3) is 0 Å². The molecule has 0 unspecified atom stereocenters. The molecule has 0 bridgehead atoms. The van der Waals surface area contributed by atoms with Crippen molar-refractivity contribution in [2.75, 3.05) is 7.11 Å². The molecule has 1 aromatic rings. The second-order valence-corrected chi connectivity index (χ2v) is 2.40. The number of aryl methyl sites for hydroxylation is 1. The maximum Gasteiger partial charge on any atom is 0.179 e. The minimum Gasteiger partial charge on any atom is -0.494 e. The number of carbonyl (C=O) groups excluding carboxylic acids is 1. The lowest BCUT2D eigenvalue weighted by Gasteiger charge is -2.01. The predicted molar refractivity (Wildman–Crippen MR) is 42.0 cm³/mol. The molecular weight excluding hydrogens is 142 g/mol. The zero-order valence-electron chi connectivity index (χ0n) is 6.92. The number of Topliss-reactive ketones (excluding diaryl/α,β-unsaturated/α-hetero) is 1. The second-order valence-electron chi connectivity index (χ2n) is 2.40. The van der Waals surface area contributed by atoms with Gasteiger partial charge in [-0.05, 0) is 6.07 Å². The van der Waals surface area contributed by atoms with Gasteiger partial charge in [-0.3, -0.25) is 4.79 Å². The molecule has 0 radical (unpaired) electrons. The zero-order valence-corrected chi connectivity index (χ0v) is 6.92. The van der Waals surface area contributed by atoms with Crippen molar-refractivity contribution in [2.45, 2.75) is 6.92 Å². The average molecular weight is 153 g/mol. The molecule has 0 saturated carbocycles. The summed E-state index contributed by atoms with van der Waals surface area (Å²) in [4.78, 5) is 11.0. The Morgan fingerprint density at radius 2 is 2.27 bits per heavy atom. The molecule has 0 aliphatic carbocycles. The van der Waals surface area contributed by atoms with Crippen molar-refractivity contribution in [1.29, 1.82) is 0 Å². The minimum atomic E-state index is 0.0225. The van der Waals surface area contributed by atoms with E-state index in [1.54, 1.807) is 23.9 Å². The maximum absolute atomic E-state index is 11.0. The Kier molecular flexibility index (Phi) is 1.98. The van der Waals surface area contributed by atoms with Gasteiger partial charge in [-0.2, -0.15) is 0 Å². The van der Waals surface area contributed by atoms with Gasteiger partial charge >= 0.3 is 0 Å². The second kappa shape index (κ2) is 2.78. The molecule has 60 valence electrons. The van der Waals surface area contributed by atoms with Gasteiger partial charge in [0.25, 0.3) is 0 Å². The zero-order chi connectivity index (χ0) is 8.43. The smallest absolute Gasteiger partial charge is 0.179 e. The molecule has 0 amide bonds. The monoisotopic (exact) mass is 153 g/mol. The molecule has 3 nitrogen and oxygen atoms in total. The molecule has 1 aromatic heterocycles. The molecule has 11 heavy (non-hydrogen) atoms. The lowest BCUT2D eigenvalue weighted by molar-refractivity contribution is 0.100. The Morgan fingerprint density at radius 3 is 2.64 bits per heavy atom. The number of ether oxygens (including phenoxy) is 1. The summed E-state index contributed by atoms with van der Waals surface area (Å²) in [7, 11) is 3.38. The van der Waals surface area contributed by atoms with Crippen molar-refractivity contribution in [3.8, 4) is 5.75 Å². The lowest BCUT2D eigenvalue weighted by atomic mass is 10.3. The van der Waals surface area contributed by atoms with E-state index in [9.17, 15) is 4.79 Å². The quantitative estimate of drug-likeness (QED) is 0.598. The third-order valence-corrected chi connectivity index (χ3v) is 1.59. The maximum atomic E-state index is 11.0. The lowest BCUT2D eigenvalue weighted by Crippen LogP contribution is -2.02. The molecular formula is C8H11NO2. The summed E-state index contributed by atoms with van der Waals surface area (Å²) in [6.07, 6.45) is 1.80. The minimum absolute atomic E-state index is 0.0225. The van der Waals surface area contributed by atoms with Gasteiger partial charge in [0.2, 0.25) is 0 Å². The van der Waals surface area contributed by atoms with Gasteiger partial charge in [-0.1, -0.05) is 0 Å². The third-order valence-electron chi connectivity index (χ3n) is 1.59. The highest BCUT2D eigenvalue weighted by Crippen LogP contribution is 2.18. The van der Waals surface area contributed by atoms with Crippen LogP contribution in [0, 0.1) is 0 Å². The highest BCUT2D eigenvalue weighted by Gasteiger charge is 2.10. The molecule has 0 atom stereocenters. The van der Waals surface area contributed by atoms with E-state index < -0.39 is 0 Å². The van der Waals surface area contributed by atoms with Crippen LogP contribution in [-0.4, -0.2) is 17.5 Å². The van der Waals surface area contributed by atoms with Crippen molar-refractivity contribution in [3.05, 3.63) is 18.0 Å². The number of methoxy groups -OCH3 is 1. The van der Waals surface area contributed by atoms with E-state index in [1.807, 2.05) is 7.05 Å². The number of hydrogen-bond donors (Lipinski definition) is 0. The van der Waals surface area contributed by atoms with Gasteiger partial charge in [0.15, 0.2) is 5.78 Å². The number of hydrogen-bond acceptors (Lipinski definition) is 2. The first-order valence-electron chi connectivity index (χ1n) is 3.37. The van der Waals surface area contributed by atoms with E-state index in [0.717, 1.165) is 0 Å². The molecule has 1 heterocycles. The number of nitrogens with zero attached hydrogens (tertiary/aromatic N) is 1. The van der Waals surface area contributed by atoms with E-state index in [4.69, 9.17) is 4.74 Å². The van der Waals surface area contributed by atoms with Gasteiger partial charge in [-0.25, -0.2) is 0 Å². The van der Waals surface area contributed by atoms with Crippen molar-refractivity contribution in [3.63, 3.8) is 0 Å². The summed E-state index contributed by atoms with van der Waals surface area (Å²) in [6, 6.07) is 1.77. The summed E-state index contributed by atoms with van der Waals surface area (Å²) in [5.41, 5.74) is 0.618. The van der Waals surface area contributed by atoms with Crippen LogP contribution in [0.2, 0.25) is 0 Å². The summed E-state index contributed by atoms with van der Waals surface area (Å²) < 4.78 is 6.74. The van der Waals surface area contributed by atoms with Crippen LogP contribution in [0.1, 0.15) is 17.4 Å². The first-order chi connectivity index (χ1) is 5.16. The average Bonchev–Trinajstić information content (AvgIpc) is 2.30.